The maximum Gasteiger partial charge on any atom is 0.350 e. The molecule has 0 aliphatic heterocycles. The van der Waals surface area contributed by atoms with E-state index in [1.165, 1.54) is 41.5 Å². The number of ether oxygens (including phenoxy) is 2. The van der Waals surface area contributed by atoms with Gasteiger partial charge in [0.15, 0.2) is 4.34 Å². The largest absolute Gasteiger partial charge is 0.495 e. The molecule has 28 heavy (non-hydrogen) atoms. The number of thioether (sulfide) groups is 1. The van der Waals surface area contributed by atoms with Crippen LogP contribution in [0.5, 0.6) is 5.75 Å². The van der Waals surface area contributed by atoms with Gasteiger partial charge < -0.3 is 20.1 Å². The van der Waals surface area contributed by atoms with Crippen molar-refractivity contribution in [2.24, 2.45) is 0 Å². The summed E-state index contributed by atoms with van der Waals surface area (Å²) in [5.74, 6) is 0.111. The Morgan fingerprint density at radius 2 is 1.96 bits per heavy atom. The molecule has 8 nitrogen and oxygen atoms in total. The summed E-state index contributed by atoms with van der Waals surface area (Å²) in [5.41, 5.74) is 1.22. The Labute approximate surface area is 173 Å². The maximum absolute atomic E-state index is 12.2. The number of hydrogen-bond acceptors (Lipinski definition) is 10. The summed E-state index contributed by atoms with van der Waals surface area (Å²) in [6.07, 6.45) is 0. The predicted octanol–water partition coefficient (Wildman–Crippen LogP) is 3.87. The van der Waals surface area contributed by atoms with Gasteiger partial charge in [0.25, 0.3) is 0 Å². The molecule has 0 saturated heterocycles. The molecule has 11 heteroatoms. The molecule has 0 radical (unpaired) electrons. The van der Waals surface area contributed by atoms with E-state index >= 15 is 0 Å². The lowest BCUT2D eigenvalue weighted by Crippen LogP contribution is -2.15. The molecule has 0 fully saturated rings. The van der Waals surface area contributed by atoms with Crippen molar-refractivity contribution in [3.63, 3.8) is 0 Å². The first-order valence-corrected chi connectivity index (χ1v) is 10.6. The van der Waals surface area contributed by atoms with Crippen LogP contribution in [0.4, 0.5) is 16.5 Å². The molecule has 2 aromatic heterocycles. The summed E-state index contributed by atoms with van der Waals surface area (Å²) in [6, 6.07) is 9.15. The summed E-state index contributed by atoms with van der Waals surface area (Å²) in [7, 11) is 2.90. The molecular weight excluding hydrogens is 420 g/mol. The normalized spacial score (nSPS) is 10.4. The highest BCUT2D eigenvalue weighted by atomic mass is 32.2. The number of carbonyl (C=O) groups excluding carboxylic acids is 2. The van der Waals surface area contributed by atoms with Gasteiger partial charge in [0.05, 0.1) is 31.3 Å². The topological polar surface area (TPSA) is 102 Å². The van der Waals surface area contributed by atoms with Crippen LogP contribution in [0.3, 0.4) is 0 Å². The minimum Gasteiger partial charge on any atom is -0.495 e. The highest BCUT2D eigenvalue weighted by molar-refractivity contribution is 8.01. The van der Waals surface area contributed by atoms with Gasteiger partial charge in [0, 0.05) is 0 Å². The molecular formula is C17H16N4O4S3. The number of thiophene rings is 1. The standard InChI is InChI=1S/C17H16N4O4S3/c1-24-12-6-4-3-5-10(12)19-16-20-21-17(28-16)27-9-13(22)18-11-7-8-26-14(11)15(23)25-2/h3-8H,9H2,1-2H3,(H,18,22)(H,19,20). The summed E-state index contributed by atoms with van der Waals surface area (Å²) < 4.78 is 10.6. The van der Waals surface area contributed by atoms with Gasteiger partial charge in [-0.3, -0.25) is 4.79 Å². The molecule has 0 aliphatic carbocycles. The van der Waals surface area contributed by atoms with Gasteiger partial charge in [-0.2, -0.15) is 0 Å². The third-order valence-electron chi connectivity index (χ3n) is 3.39. The van der Waals surface area contributed by atoms with Crippen molar-refractivity contribution in [1.82, 2.24) is 10.2 Å². The lowest BCUT2D eigenvalue weighted by molar-refractivity contribution is -0.113. The Bertz CT molecular complexity index is 973. The van der Waals surface area contributed by atoms with E-state index in [-0.39, 0.29) is 11.7 Å². The third kappa shape index (κ3) is 5.00. The van der Waals surface area contributed by atoms with Crippen LogP contribution in [0, 0.1) is 0 Å². The van der Waals surface area contributed by atoms with Crippen molar-refractivity contribution in [2.45, 2.75) is 4.34 Å². The molecule has 0 spiro atoms. The molecule has 0 unspecified atom stereocenters. The van der Waals surface area contributed by atoms with Crippen LogP contribution in [0.2, 0.25) is 0 Å². The second-order valence-corrected chi connectivity index (χ2v) is 8.31. The average molecular weight is 437 g/mol. The van der Waals surface area contributed by atoms with Crippen LogP contribution in [-0.2, 0) is 9.53 Å². The minimum absolute atomic E-state index is 0.139. The highest BCUT2D eigenvalue weighted by Gasteiger charge is 2.16. The molecule has 3 rings (SSSR count). The quantitative estimate of drug-likeness (QED) is 0.405. The Morgan fingerprint density at radius 3 is 2.75 bits per heavy atom. The molecule has 0 atom stereocenters. The van der Waals surface area contributed by atoms with Crippen molar-refractivity contribution >= 4 is 62.8 Å². The van der Waals surface area contributed by atoms with Crippen molar-refractivity contribution in [1.29, 1.82) is 0 Å². The van der Waals surface area contributed by atoms with Crippen molar-refractivity contribution in [2.75, 3.05) is 30.6 Å². The number of methoxy groups -OCH3 is 2. The van der Waals surface area contributed by atoms with Gasteiger partial charge in [-0.15, -0.1) is 21.5 Å². The highest BCUT2D eigenvalue weighted by Crippen LogP contribution is 2.31. The number of aromatic nitrogens is 2. The second-order valence-electron chi connectivity index (χ2n) is 5.19. The van der Waals surface area contributed by atoms with Gasteiger partial charge in [-0.1, -0.05) is 35.2 Å². The number of anilines is 3. The molecule has 146 valence electrons. The Hall–Kier alpha value is -2.63. The van der Waals surface area contributed by atoms with Crippen LogP contribution in [0.15, 0.2) is 40.1 Å². The molecule has 2 N–H and O–H groups in total. The number of esters is 1. The zero-order valence-corrected chi connectivity index (χ0v) is 17.4. The molecule has 3 aromatic rings. The van der Waals surface area contributed by atoms with E-state index in [1.807, 2.05) is 24.3 Å². The van der Waals surface area contributed by atoms with E-state index in [9.17, 15) is 9.59 Å². The second kappa shape index (κ2) is 9.53. The van der Waals surface area contributed by atoms with Crippen molar-refractivity contribution in [3.05, 3.63) is 40.6 Å². The first-order valence-electron chi connectivity index (χ1n) is 7.92. The molecule has 0 bridgehead atoms. The van der Waals surface area contributed by atoms with Gasteiger partial charge in [0.2, 0.25) is 11.0 Å². The lowest BCUT2D eigenvalue weighted by atomic mass is 10.3. The first-order chi connectivity index (χ1) is 13.6. The number of hydrogen-bond donors (Lipinski definition) is 2. The van der Waals surface area contributed by atoms with E-state index in [4.69, 9.17) is 9.47 Å². The van der Waals surface area contributed by atoms with Gasteiger partial charge in [-0.25, -0.2) is 4.79 Å². The van der Waals surface area contributed by atoms with Crippen molar-refractivity contribution < 1.29 is 19.1 Å². The van der Waals surface area contributed by atoms with Crippen LogP contribution in [-0.4, -0.2) is 42.0 Å². The maximum atomic E-state index is 12.2. The summed E-state index contributed by atoms with van der Waals surface area (Å²) >= 11 is 3.80. The summed E-state index contributed by atoms with van der Waals surface area (Å²) in [5, 5.41) is 16.3. The number of benzene rings is 1. The molecule has 1 amide bonds. The van der Waals surface area contributed by atoms with E-state index in [1.54, 1.807) is 18.6 Å². The Balaban J connectivity index is 1.55. The molecule has 0 saturated carbocycles. The lowest BCUT2D eigenvalue weighted by Gasteiger charge is -2.07. The van der Waals surface area contributed by atoms with E-state index < -0.39 is 5.97 Å². The van der Waals surface area contributed by atoms with Crippen LogP contribution in [0.25, 0.3) is 0 Å². The predicted molar refractivity (Wildman–Crippen MR) is 111 cm³/mol. The zero-order chi connectivity index (χ0) is 19.9. The zero-order valence-electron chi connectivity index (χ0n) is 14.9. The van der Waals surface area contributed by atoms with Gasteiger partial charge in [-0.05, 0) is 23.6 Å². The average Bonchev–Trinajstić information content (AvgIpc) is 3.35. The smallest absolute Gasteiger partial charge is 0.350 e. The SMILES string of the molecule is COC(=O)c1sccc1NC(=O)CSc1nnc(Nc2ccccc2OC)s1. The van der Waals surface area contributed by atoms with Gasteiger partial charge in [0.1, 0.15) is 10.6 Å². The van der Waals surface area contributed by atoms with Crippen LogP contribution < -0.4 is 15.4 Å². The number of nitrogens with zero attached hydrogens (tertiary/aromatic N) is 2. The number of para-hydroxylation sites is 2. The third-order valence-corrected chi connectivity index (χ3v) is 6.26. The molecule has 1 aromatic carbocycles. The Kier molecular flexibility index (Phi) is 6.85. The van der Waals surface area contributed by atoms with E-state index in [2.05, 4.69) is 20.8 Å². The van der Waals surface area contributed by atoms with E-state index in [0.29, 0.717) is 25.8 Å². The van der Waals surface area contributed by atoms with E-state index in [0.717, 1.165) is 5.69 Å². The fourth-order valence-electron chi connectivity index (χ4n) is 2.15. The fourth-order valence-corrected chi connectivity index (χ4v) is 4.48. The van der Waals surface area contributed by atoms with Crippen molar-refractivity contribution in [3.8, 4) is 5.75 Å². The molecule has 2 heterocycles. The minimum atomic E-state index is -0.478. The number of amides is 1. The summed E-state index contributed by atoms with van der Waals surface area (Å²) in [6.45, 7) is 0. The first kappa shape index (κ1) is 20.1. The van der Waals surface area contributed by atoms with Crippen LogP contribution >= 0.6 is 34.4 Å². The Morgan fingerprint density at radius 1 is 1.14 bits per heavy atom. The van der Waals surface area contributed by atoms with Crippen LogP contribution in [0.1, 0.15) is 9.67 Å². The number of carbonyl (C=O) groups is 2. The van der Waals surface area contributed by atoms with Gasteiger partial charge >= 0.3 is 5.97 Å². The molecule has 0 aliphatic rings. The number of nitrogens with one attached hydrogen (secondary N) is 2. The summed E-state index contributed by atoms with van der Waals surface area (Å²) in [4.78, 5) is 24.2. The number of rotatable bonds is 8. The fraction of sp³-hybridized carbons (Fsp3) is 0.176. The monoisotopic (exact) mass is 436 g/mol.